The van der Waals surface area contributed by atoms with Crippen molar-refractivity contribution in [1.29, 1.82) is 0 Å². The summed E-state index contributed by atoms with van der Waals surface area (Å²) in [6.45, 7) is 11.0. The summed E-state index contributed by atoms with van der Waals surface area (Å²) in [6, 6.07) is 1.50. The van der Waals surface area contributed by atoms with Crippen LogP contribution in [0.3, 0.4) is 0 Å². The molecule has 0 aromatic carbocycles. The maximum absolute atomic E-state index is 3.74. The first-order valence-electron chi connectivity index (χ1n) is 8.31. The van der Waals surface area contributed by atoms with Crippen molar-refractivity contribution >= 4 is 0 Å². The minimum atomic E-state index is 0.705. The van der Waals surface area contributed by atoms with Crippen molar-refractivity contribution in [3.63, 3.8) is 0 Å². The van der Waals surface area contributed by atoms with E-state index in [1.54, 1.807) is 0 Å². The van der Waals surface area contributed by atoms with Crippen LogP contribution in [0, 0.1) is 5.92 Å². The Hall–Kier alpha value is -0.120. The molecule has 0 spiro atoms. The summed E-state index contributed by atoms with van der Waals surface area (Å²) in [7, 11) is 2.31. The molecular formula is C16H33N3. The lowest BCUT2D eigenvalue weighted by atomic mass is 10.0. The van der Waals surface area contributed by atoms with E-state index in [2.05, 4.69) is 36.0 Å². The van der Waals surface area contributed by atoms with E-state index in [-0.39, 0.29) is 0 Å². The van der Waals surface area contributed by atoms with Gasteiger partial charge in [-0.2, -0.15) is 0 Å². The predicted octanol–water partition coefficient (Wildman–Crippen LogP) is 2.18. The zero-order valence-electron chi connectivity index (χ0n) is 13.2. The first kappa shape index (κ1) is 15.3. The summed E-state index contributed by atoms with van der Waals surface area (Å²) >= 11 is 0. The third kappa shape index (κ3) is 5.05. The number of hydrogen-bond acceptors (Lipinski definition) is 3. The van der Waals surface area contributed by atoms with Crippen molar-refractivity contribution in [1.82, 2.24) is 15.1 Å². The molecule has 0 saturated carbocycles. The molecule has 0 aliphatic carbocycles. The van der Waals surface area contributed by atoms with Gasteiger partial charge in [-0.1, -0.05) is 20.3 Å². The molecule has 0 aromatic heterocycles. The molecule has 2 rings (SSSR count). The van der Waals surface area contributed by atoms with Gasteiger partial charge in [-0.05, 0) is 58.3 Å². The van der Waals surface area contributed by atoms with Gasteiger partial charge in [0.1, 0.15) is 0 Å². The molecule has 2 fully saturated rings. The third-order valence-corrected chi connectivity index (χ3v) is 4.71. The molecule has 3 nitrogen and oxygen atoms in total. The molecule has 19 heavy (non-hydrogen) atoms. The fraction of sp³-hybridized carbons (Fsp3) is 1.00. The minimum absolute atomic E-state index is 0.705. The zero-order valence-corrected chi connectivity index (χ0v) is 13.2. The van der Waals surface area contributed by atoms with Gasteiger partial charge in [-0.25, -0.2) is 0 Å². The molecule has 112 valence electrons. The van der Waals surface area contributed by atoms with Gasteiger partial charge in [-0.15, -0.1) is 0 Å². The lowest BCUT2D eigenvalue weighted by molar-refractivity contribution is 0.125. The number of rotatable bonds is 4. The van der Waals surface area contributed by atoms with Gasteiger partial charge in [0.05, 0.1) is 0 Å². The van der Waals surface area contributed by atoms with Crippen molar-refractivity contribution in [2.24, 2.45) is 5.92 Å². The zero-order chi connectivity index (χ0) is 13.7. The van der Waals surface area contributed by atoms with E-state index >= 15 is 0 Å². The Morgan fingerprint density at radius 2 is 2.00 bits per heavy atom. The van der Waals surface area contributed by atoms with E-state index in [9.17, 15) is 0 Å². The first-order valence-corrected chi connectivity index (χ1v) is 8.31. The maximum atomic E-state index is 3.74. The van der Waals surface area contributed by atoms with Gasteiger partial charge >= 0.3 is 0 Å². The lowest BCUT2D eigenvalue weighted by Gasteiger charge is -2.36. The average Bonchev–Trinajstić information content (AvgIpc) is 2.57. The quantitative estimate of drug-likeness (QED) is 0.842. The monoisotopic (exact) mass is 267 g/mol. The van der Waals surface area contributed by atoms with Crippen molar-refractivity contribution in [2.75, 3.05) is 39.8 Å². The largest absolute Gasteiger partial charge is 0.313 e. The molecule has 3 heteroatoms. The molecule has 2 aliphatic rings. The molecule has 0 aromatic rings. The van der Waals surface area contributed by atoms with Crippen molar-refractivity contribution < 1.29 is 0 Å². The fourth-order valence-corrected chi connectivity index (χ4v) is 3.64. The minimum Gasteiger partial charge on any atom is -0.313 e. The summed E-state index contributed by atoms with van der Waals surface area (Å²) in [5.74, 6) is 0.801. The van der Waals surface area contributed by atoms with Crippen LogP contribution in [-0.4, -0.2) is 61.7 Å². The molecule has 2 atom stereocenters. The van der Waals surface area contributed by atoms with Gasteiger partial charge < -0.3 is 15.1 Å². The van der Waals surface area contributed by atoms with Crippen molar-refractivity contribution in [3.8, 4) is 0 Å². The first-order chi connectivity index (χ1) is 9.15. The Bertz CT molecular complexity index is 254. The van der Waals surface area contributed by atoms with E-state index in [0.29, 0.717) is 6.04 Å². The molecule has 2 unspecified atom stereocenters. The molecule has 2 heterocycles. The fourth-order valence-electron chi connectivity index (χ4n) is 3.64. The van der Waals surface area contributed by atoms with Crippen LogP contribution in [0.1, 0.15) is 46.0 Å². The highest BCUT2D eigenvalue weighted by Gasteiger charge is 2.24. The average molecular weight is 267 g/mol. The second kappa shape index (κ2) is 7.61. The van der Waals surface area contributed by atoms with Crippen LogP contribution in [0.4, 0.5) is 0 Å². The molecule has 2 aliphatic heterocycles. The molecule has 0 radical (unpaired) electrons. The summed E-state index contributed by atoms with van der Waals surface area (Å²) in [6.07, 6.45) is 6.85. The van der Waals surface area contributed by atoms with Crippen molar-refractivity contribution in [2.45, 2.75) is 58.0 Å². The third-order valence-electron chi connectivity index (χ3n) is 4.71. The Labute approximate surface area is 119 Å². The van der Waals surface area contributed by atoms with Crippen LogP contribution in [0.25, 0.3) is 0 Å². The Morgan fingerprint density at radius 3 is 2.74 bits per heavy atom. The topological polar surface area (TPSA) is 18.5 Å². The van der Waals surface area contributed by atoms with Gasteiger partial charge in [0.25, 0.3) is 0 Å². The smallest absolute Gasteiger partial charge is 0.0220 e. The maximum Gasteiger partial charge on any atom is 0.0220 e. The van der Waals surface area contributed by atoms with Crippen LogP contribution in [-0.2, 0) is 0 Å². The number of likely N-dealkylation sites (N-methyl/N-ethyl adjacent to an activating group) is 1. The molecule has 1 N–H and O–H groups in total. The highest BCUT2D eigenvalue weighted by atomic mass is 15.2. The number of likely N-dealkylation sites (tertiary alicyclic amines) is 1. The highest BCUT2D eigenvalue weighted by molar-refractivity contribution is 4.82. The second-order valence-electron chi connectivity index (χ2n) is 7.02. The lowest BCUT2D eigenvalue weighted by Crippen LogP contribution is -2.47. The Morgan fingerprint density at radius 1 is 1.16 bits per heavy atom. The molecular weight excluding hydrogens is 234 g/mol. The van der Waals surface area contributed by atoms with Gasteiger partial charge in [0.2, 0.25) is 0 Å². The van der Waals surface area contributed by atoms with Crippen LogP contribution in [0.5, 0.6) is 0 Å². The second-order valence-corrected chi connectivity index (χ2v) is 7.02. The Kier molecular flexibility index (Phi) is 6.11. The van der Waals surface area contributed by atoms with E-state index in [4.69, 9.17) is 0 Å². The standard InChI is InChI=1S/C16H33N3/c1-14(2)11-15-12-19(10-6-8-17-15)13-16-7-4-5-9-18(16)3/h14-17H,4-13H2,1-3H3. The molecule has 2 saturated heterocycles. The summed E-state index contributed by atoms with van der Waals surface area (Å²) in [4.78, 5) is 5.30. The van der Waals surface area contributed by atoms with Crippen LogP contribution < -0.4 is 5.32 Å². The van der Waals surface area contributed by atoms with Gasteiger partial charge in [0.15, 0.2) is 0 Å². The number of nitrogens with zero attached hydrogens (tertiary/aromatic N) is 2. The van der Waals surface area contributed by atoms with E-state index in [0.717, 1.165) is 12.0 Å². The Balaban J connectivity index is 1.83. The number of piperidine rings is 1. The van der Waals surface area contributed by atoms with E-state index < -0.39 is 0 Å². The number of hydrogen-bond donors (Lipinski definition) is 1. The van der Waals surface area contributed by atoms with E-state index in [1.165, 1.54) is 64.8 Å². The molecule has 0 bridgehead atoms. The van der Waals surface area contributed by atoms with Gasteiger partial charge in [0, 0.05) is 25.2 Å². The van der Waals surface area contributed by atoms with Gasteiger partial charge in [-0.3, -0.25) is 0 Å². The SMILES string of the molecule is CC(C)CC1CN(CC2CCCCN2C)CCCN1. The van der Waals surface area contributed by atoms with Crippen LogP contribution >= 0.6 is 0 Å². The van der Waals surface area contributed by atoms with Crippen molar-refractivity contribution in [3.05, 3.63) is 0 Å². The van der Waals surface area contributed by atoms with Crippen LogP contribution in [0.15, 0.2) is 0 Å². The summed E-state index contributed by atoms with van der Waals surface area (Å²) < 4.78 is 0. The molecule has 0 amide bonds. The summed E-state index contributed by atoms with van der Waals surface area (Å²) in [5.41, 5.74) is 0. The highest BCUT2D eigenvalue weighted by Crippen LogP contribution is 2.17. The number of nitrogens with one attached hydrogen (secondary N) is 1. The predicted molar refractivity (Wildman–Crippen MR) is 82.6 cm³/mol. The van der Waals surface area contributed by atoms with E-state index in [1.807, 2.05) is 0 Å². The normalized spacial score (nSPS) is 31.6. The van der Waals surface area contributed by atoms with Crippen LogP contribution in [0.2, 0.25) is 0 Å². The summed E-state index contributed by atoms with van der Waals surface area (Å²) in [5, 5.41) is 3.74.